The van der Waals surface area contributed by atoms with Crippen molar-refractivity contribution in [3.8, 4) is 5.75 Å². The molecule has 4 N–H and O–H groups in total. The van der Waals surface area contributed by atoms with E-state index in [-0.39, 0.29) is 10.0 Å². The average molecular weight is 316 g/mol. The molecule has 0 saturated heterocycles. The van der Waals surface area contributed by atoms with Gasteiger partial charge in [0, 0.05) is 12.6 Å². The van der Waals surface area contributed by atoms with Crippen molar-refractivity contribution in [2.24, 2.45) is 5.73 Å². The van der Waals surface area contributed by atoms with Crippen molar-refractivity contribution in [1.82, 2.24) is 10.6 Å². The van der Waals surface area contributed by atoms with E-state index in [2.05, 4.69) is 10.6 Å². The molecule has 1 rings (SSSR count). The van der Waals surface area contributed by atoms with Crippen LogP contribution >= 0.6 is 23.8 Å². The number of rotatable bonds is 4. The minimum absolute atomic E-state index is 0.212. The molecule has 0 radical (unpaired) electrons. The van der Waals surface area contributed by atoms with Gasteiger partial charge >= 0.3 is 6.03 Å². The standard InChI is InChI=1S/C12H14ClN3O3S/c1-6(11(17)16-12(18)15-2)19-9-4-3-7(10(14)20)5-8(9)13/h3-6H,1-2H3,(H2,14,20)(H2,15,16,17,18). The van der Waals surface area contributed by atoms with Crippen molar-refractivity contribution in [2.45, 2.75) is 13.0 Å². The predicted molar refractivity (Wildman–Crippen MR) is 80.0 cm³/mol. The maximum Gasteiger partial charge on any atom is 0.321 e. The van der Waals surface area contributed by atoms with Gasteiger partial charge < -0.3 is 15.8 Å². The highest BCUT2D eigenvalue weighted by Gasteiger charge is 2.18. The number of urea groups is 1. The molecule has 1 atom stereocenters. The molecule has 0 aromatic heterocycles. The predicted octanol–water partition coefficient (Wildman–Crippen LogP) is 1.20. The fourth-order valence-corrected chi connectivity index (χ4v) is 1.62. The molecule has 0 aliphatic carbocycles. The molecule has 6 nitrogen and oxygen atoms in total. The van der Waals surface area contributed by atoms with Gasteiger partial charge in [0.05, 0.1) is 5.02 Å². The molecule has 20 heavy (non-hydrogen) atoms. The molecule has 0 saturated carbocycles. The minimum atomic E-state index is -0.888. The van der Waals surface area contributed by atoms with Gasteiger partial charge in [0.25, 0.3) is 5.91 Å². The lowest BCUT2D eigenvalue weighted by Crippen LogP contribution is -2.44. The Kier molecular flexibility index (Phi) is 5.72. The van der Waals surface area contributed by atoms with E-state index in [1.54, 1.807) is 18.2 Å². The van der Waals surface area contributed by atoms with Crippen LogP contribution in [-0.2, 0) is 4.79 Å². The maximum atomic E-state index is 11.6. The first-order valence-corrected chi connectivity index (χ1v) is 6.42. The van der Waals surface area contributed by atoms with Crippen LogP contribution in [0.3, 0.4) is 0 Å². The van der Waals surface area contributed by atoms with Crippen LogP contribution in [0.1, 0.15) is 12.5 Å². The number of nitrogens with two attached hydrogens (primary N) is 1. The van der Waals surface area contributed by atoms with E-state index >= 15 is 0 Å². The summed E-state index contributed by atoms with van der Waals surface area (Å²) in [5.74, 6) is -0.287. The minimum Gasteiger partial charge on any atom is -0.479 e. The van der Waals surface area contributed by atoms with Crippen LogP contribution in [0.5, 0.6) is 5.75 Å². The summed E-state index contributed by atoms with van der Waals surface area (Å²) in [5.41, 5.74) is 6.07. The largest absolute Gasteiger partial charge is 0.479 e. The summed E-state index contributed by atoms with van der Waals surface area (Å²) in [5, 5.41) is 4.64. The Morgan fingerprint density at radius 2 is 2.10 bits per heavy atom. The summed E-state index contributed by atoms with van der Waals surface area (Å²) >= 11 is 10.8. The fourth-order valence-electron chi connectivity index (χ4n) is 1.27. The second-order valence-corrected chi connectivity index (χ2v) is 4.68. The second-order valence-electron chi connectivity index (χ2n) is 3.84. The number of benzene rings is 1. The van der Waals surface area contributed by atoms with Crippen LogP contribution in [-0.4, -0.2) is 30.1 Å². The molecular formula is C12H14ClN3O3S. The SMILES string of the molecule is CNC(=O)NC(=O)C(C)Oc1ccc(C(N)=S)cc1Cl. The summed E-state index contributed by atoms with van der Waals surface area (Å²) in [4.78, 5) is 22.8. The van der Waals surface area contributed by atoms with Crippen molar-refractivity contribution in [2.75, 3.05) is 7.05 Å². The van der Waals surface area contributed by atoms with E-state index in [0.29, 0.717) is 11.3 Å². The summed E-state index contributed by atoms with van der Waals surface area (Å²) in [6, 6.07) is 4.12. The zero-order valence-corrected chi connectivity index (χ0v) is 12.5. The number of halogens is 1. The van der Waals surface area contributed by atoms with E-state index in [1.807, 2.05) is 0 Å². The van der Waals surface area contributed by atoms with Gasteiger partial charge in [0.1, 0.15) is 10.7 Å². The Bertz CT molecular complexity index is 551. The van der Waals surface area contributed by atoms with Crippen LogP contribution in [0.4, 0.5) is 4.79 Å². The number of amides is 3. The zero-order valence-electron chi connectivity index (χ0n) is 10.9. The van der Waals surface area contributed by atoms with Crippen molar-refractivity contribution < 1.29 is 14.3 Å². The molecule has 0 aliphatic rings. The number of ether oxygens (including phenoxy) is 1. The van der Waals surface area contributed by atoms with Crippen LogP contribution in [0.2, 0.25) is 5.02 Å². The lowest BCUT2D eigenvalue weighted by Gasteiger charge is -2.15. The number of carbonyl (C=O) groups excluding carboxylic acids is 2. The molecule has 3 amide bonds. The summed E-state index contributed by atoms with van der Waals surface area (Å²) < 4.78 is 5.38. The van der Waals surface area contributed by atoms with Gasteiger partial charge in [-0.05, 0) is 25.1 Å². The Morgan fingerprint density at radius 1 is 1.45 bits per heavy atom. The first kappa shape index (κ1) is 16.2. The smallest absolute Gasteiger partial charge is 0.321 e. The van der Waals surface area contributed by atoms with Gasteiger partial charge in [-0.2, -0.15) is 0 Å². The van der Waals surface area contributed by atoms with Gasteiger partial charge in [0.15, 0.2) is 6.10 Å². The number of imide groups is 1. The average Bonchev–Trinajstić information content (AvgIpc) is 2.40. The lowest BCUT2D eigenvalue weighted by atomic mass is 10.2. The van der Waals surface area contributed by atoms with Crippen molar-refractivity contribution in [3.05, 3.63) is 28.8 Å². The number of hydrogen-bond donors (Lipinski definition) is 3. The van der Waals surface area contributed by atoms with Gasteiger partial charge in [-0.1, -0.05) is 23.8 Å². The van der Waals surface area contributed by atoms with Crippen LogP contribution in [0.15, 0.2) is 18.2 Å². The van der Waals surface area contributed by atoms with E-state index in [4.69, 9.17) is 34.3 Å². The van der Waals surface area contributed by atoms with Crippen molar-refractivity contribution in [3.63, 3.8) is 0 Å². The molecule has 1 unspecified atom stereocenters. The maximum absolute atomic E-state index is 11.6. The van der Waals surface area contributed by atoms with Crippen LogP contribution < -0.4 is 21.1 Å². The van der Waals surface area contributed by atoms with E-state index < -0.39 is 18.0 Å². The number of nitrogens with one attached hydrogen (secondary N) is 2. The van der Waals surface area contributed by atoms with Crippen LogP contribution in [0.25, 0.3) is 0 Å². The highest BCUT2D eigenvalue weighted by Crippen LogP contribution is 2.26. The molecule has 0 spiro atoms. The van der Waals surface area contributed by atoms with E-state index in [1.165, 1.54) is 14.0 Å². The first-order valence-electron chi connectivity index (χ1n) is 5.63. The normalized spacial score (nSPS) is 11.3. The first-order chi connectivity index (χ1) is 9.35. The summed E-state index contributed by atoms with van der Waals surface area (Å²) in [7, 11) is 1.40. The van der Waals surface area contributed by atoms with E-state index in [0.717, 1.165) is 0 Å². The summed E-state index contributed by atoms with van der Waals surface area (Å²) in [6.45, 7) is 1.50. The van der Waals surface area contributed by atoms with Gasteiger partial charge in [-0.3, -0.25) is 10.1 Å². The molecule has 0 fully saturated rings. The third-order valence-corrected chi connectivity index (χ3v) is 2.88. The number of carbonyl (C=O) groups is 2. The molecule has 1 aromatic carbocycles. The van der Waals surface area contributed by atoms with Crippen molar-refractivity contribution in [1.29, 1.82) is 0 Å². The second kappa shape index (κ2) is 7.06. The molecule has 0 aliphatic heterocycles. The van der Waals surface area contributed by atoms with Crippen LogP contribution in [0, 0.1) is 0 Å². The molecule has 1 aromatic rings. The third-order valence-electron chi connectivity index (χ3n) is 2.35. The van der Waals surface area contributed by atoms with Gasteiger partial charge in [-0.25, -0.2) is 4.79 Å². The zero-order chi connectivity index (χ0) is 15.3. The Balaban J connectivity index is 2.75. The highest BCUT2D eigenvalue weighted by molar-refractivity contribution is 7.80. The monoisotopic (exact) mass is 315 g/mol. The number of thiocarbonyl (C=S) groups is 1. The summed E-state index contributed by atoms with van der Waals surface area (Å²) in [6.07, 6.45) is -0.888. The lowest BCUT2D eigenvalue weighted by molar-refractivity contribution is -0.126. The number of hydrogen-bond acceptors (Lipinski definition) is 4. The Hall–Kier alpha value is -1.86. The van der Waals surface area contributed by atoms with E-state index in [9.17, 15) is 9.59 Å². The van der Waals surface area contributed by atoms with Crippen molar-refractivity contribution >= 4 is 40.7 Å². The Morgan fingerprint density at radius 3 is 2.60 bits per heavy atom. The molecule has 0 heterocycles. The molecule has 8 heteroatoms. The van der Waals surface area contributed by atoms with Gasteiger partial charge in [0.2, 0.25) is 0 Å². The fraction of sp³-hybridized carbons (Fsp3) is 0.250. The molecular weight excluding hydrogens is 302 g/mol. The topological polar surface area (TPSA) is 93.5 Å². The molecule has 0 bridgehead atoms. The highest BCUT2D eigenvalue weighted by atomic mass is 35.5. The quantitative estimate of drug-likeness (QED) is 0.726. The van der Waals surface area contributed by atoms with Gasteiger partial charge in [-0.15, -0.1) is 0 Å². The molecule has 108 valence electrons. The Labute approximate surface area is 126 Å². The third kappa shape index (κ3) is 4.36.